The number of carbonyl (C=O) groups excluding carboxylic acids is 3. The zero-order valence-electron chi connectivity index (χ0n) is 26.3. The van der Waals surface area contributed by atoms with Crippen LogP contribution in [0.25, 0.3) is 10.9 Å². The summed E-state index contributed by atoms with van der Waals surface area (Å²) in [4.78, 5) is 68.7. The lowest BCUT2D eigenvalue weighted by atomic mass is 10.0. The number of carbonyl (C=O) groups is 4. The Morgan fingerprint density at radius 1 is 1.00 bits per heavy atom. The predicted molar refractivity (Wildman–Crippen MR) is 174 cm³/mol. The van der Waals surface area contributed by atoms with E-state index in [1.165, 1.54) is 4.90 Å². The molecule has 0 aliphatic rings. The molecule has 0 aliphatic heterocycles. The van der Waals surface area contributed by atoms with Crippen LogP contribution in [0.15, 0.2) is 65.9 Å². The van der Waals surface area contributed by atoms with Crippen LogP contribution >= 0.6 is 0 Å². The van der Waals surface area contributed by atoms with Crippen LogP contribution in [0.2, 0.25) is 0 Å². The van der Waals surface area contributed by atoms with Crippen LogP contribution in [-0.4, -0.2) is 93.0 Å². The van der Waals surface area contributed by atoms with Crippen molar-refractivity contribution in [2.75, 3.05) is 20.1 Å². The molecule has 0 bridgehead atoms. The van der Waals surface area contributed by atoms with Crippen molar-refractivity contribution in [3.8, 4) is 0 Å². The normalized spacial score (nSPS) is 12.7. The molecule has 0 spiro atoms. The highest BCUT2D eigenvalue weighted by Crippen LogP contribution is 2.21. The van der Waals surface area contributed by atoms with Gasteiger partial charge in [-0.1, -0.05) is 55.5 Å². The second kappa shape index (κ2) is 17.1. The van der Waals surface area contributed by atoms with Crippen molar-refractivity contribution in [2.24, 2.45) is 16.6 Å². The maximum atomic E-state index is 14.1. The summed E-state index contributed by atoms with van der Waals surface area (Å²) in [6.45, 7) is 1.77. The molecule has 3 atom stereocenters. The van der Waals surface area contributed by atoms with Crippen LogP contribution < -0.4 is 22.1 Å². The fourth-order valence-electron chi connectivity index (χ4n) is 5.23. The zero-order valence-corrected chi connectivity index (χ0v) is 26.3. The van der Waals surface area contributed by atoms with E-state index in [-0.39, 0.29) is 25.7 Å². The largest absolute Gasteiger partial charge is 0.465 e. The van der Waals surface area contributed by atoms with Crippen molar-refractivity contribution in [3.63, 3.8) is 0 Å². The predicted octanol–water partition coefficient (Wildman–Crippen LogP) is 1.39. The minimum Gasteiger partial charge on any atom is -0.465 e. The number of rotatable bonds is 17. The molecule has 252 valence electrons. The van der Waals surface area contributed by atoms with Gasteiger partial charge >= 0.3 is 6.09 Å². The van der Waals surface area contributed by atoms with E-state index in [9.17, 15) is 34.4 Å². The van der Waals surface area contributed by atoms with Gasteiger partial charge in [-0.3, -0.25) is 24.5 Å². The van der Waals surface area contributed by atoms with Crippen molar-refractivity contribution in [2.45, 2.75) is 57.2 Å². The Bertz CT molecular complexity index is 1570. The van der Waals surface area contributed by atoms with Gasteiger partial charge in [-0.05, 0) is 30.0 Å². The summed E-state index contributed by atoms with van der Waals surface area (Å²) >= 11 is 0. The number of likely N-dealkylation sites (N-methyl/N-ethyl adjacent to an activating group) is 1. The van der Waals surface area contributed by atoms with Gasteiger partial charge in [-0.15, -0.1) is 5.10 Å². The highest BCUT2D eigenvalue weighted by Gasteiger charge is 2.37. The molecule has 1 aromatic heterocycles. The molecule has 16 nitrogen and oxygen atoms in total. The first-order valence-electron chi connectivity index (χ1n) is 15.1. The van der Waals surface area contributed by atoms with Crippen LogP contribution in [0, 0.1) is 10.1 Å². The summed E-state index contributed by atoms with van der Waals surface area (Å²) in [5.74, 6) is -2.85. The topological polar surface area (TPSA) is 242 Å². The molecule has 3 aromatic rings. The number of nitro groups is 1. The fourth-order valence-corrected chi connectivity index (χ4v) is 5.23. The monoisotopic (exact) mass is 651 g/mol. The summed E-state index contributed by atoms with van der Waals surface area (Å²) in [7, 11) is 1.61. The van der Waals surface area contributed by atoms with Gasteiger partial charge in [0.15, 0.2) is 0 Å². The van der Waals surface area contributed by atoms with Gasteiger partial charge in [-0.25, -0.2) is 9.80 Å². The van der Waals surface area contributed by atoms with Gasteiger partial charge in [0.25, 0.3) is 5.91 Å². The molecule has 0 saturated heterocycles. The Kier molecular flexibility index (Phi) is 13.1. The molecule has 3 unspecified atom stereocenters. The number of H-pyrrole nitrogens is 1. The van der Waals surface area contributed by atoms with Crippen molar-refractivity contribution < 1.29 is 29.2 Å². The molecule has 0 saturated carbocycles. The molecule has 0 aliphatic carbocycles. The molecular formula is C31H41N9O7. The Balaban J connectivity index is 2.02. The van der Waals surface area contributed by atoms with E-state index in [1.807, 2.05) is 31.2 Å². The molecule has 4 amide bonds. The molecule has 47 heavy (non-hydrogen) atoms. The molecular weight excluding hydrogens is 610 g/mol. The number of nitrogens with two attached hydrogens (primary N) is 2. The third kappa shape index (κ3) is 10.4. The van der Waals surface area contributed by atoms with Crippen molar-refractivity contribution in [1.29, 1.82) is 0 Å². The lowest BCUT2D eigenvalue weighted by Gasteiger charge is -2.31. The fraction of sp³-hybridized carbons (Fsp3) is 0.387. The number of para-hydroxylation sites is 1. The van der Waals surface area contributed by atoms with E-state index in [2.05, 4.69) is 20.7 Å². The number of hydrogen-bond donors (Lipinski definition) is 6. The van der Waals surface area contributed by atoms with Crippen molar-refractivity contribution in [1.82, 2.24) is 25.5 Å². The SMILES string of the molecule is CCCN(C)C(=O)C(Cc1c[nH]c2ccccc12)NC(=O)C(CCC[N+](=O)[O-])N(N=C(N)N)C(=O)C(Cc1ccccc1)NC(=O)O. The van der Waals surface area contributed by atoms with E-state index < -0.39 is 59.4 Å². The minimum absolute atomic E-state index is 0.0811. The van der Waals surface area contributed by atoms with Gasteiger partial charge in [0, 0.05) is 54.9 Å². The molecule has 16 heteroatoms. The van der Waals surface area contributed by atoms with Crippen LogP contribution in [0.5, 0.6) is 0 Å². The molecule has 2 aromatic carbocycles. The first kappa shape index (κ1) is 35.8. The molecule has 1 heterocycles. The number of carboxylic acid groups (broad SMARTS) is 1. The third-order valence-corrected chi connectivity index (χ3v) is 7.39. The van der Waals surface area contributed by atoms with Crippen LogP contribution in [0.3, 0.4) is 0 Å². The number of aromatic nitrogens is 1. The lowest BCUT2D eigenvalue weighted by molar-refractivity contribution is -0.480. The van der Waals surface area contributed by atoms with E-state index in [0.717, 1.165) is 16.5 Å². The number of aromatic amines is 1. The minimum atomic E-state index is -1.55. The first-order chi connectivity index (χ1) is 22.4. The molecule has 0 fully saturated rings. The first-order valence-corrected chi connectivity index (χ1v) is 15.1. The number of fused-ring (bicyclic) bond motifs is 1. The third-order valence-electron chi connectivity index (χ3n) is 7.39. The van der Waals surface area contributed by atoms with Gasteiger partial charge in [-0.2, -0.15) is 0 Å². The number of hydrogen-bond acceptors (Lipinski definition) is 7. The van der Waals surface area contributed by atoms with Crippen LogP contribution in [-0.2, 0) is 27.2 Å². The highest BCUT2D eigenvalue weighted by atomic mass is 16.6. The zero-order chi connectivity index (χ0) is 34.5. The van der Waals surface area contributed by atoms with Gasteiger partial charge in [0.2, 0.25) is 24.3 Å². The number of guanidine groups is 1. The van der Waals surface area contributed by atoms with E-state index in [4.69, 9.17) is 11.5 Å². The van der Waals surface area contributed by atoms with Gasteiger partial charge in [0.05, 0.1) is 0 Å². The summed E-state index contributed by atoms with van der Waals surface area (Å²) in [5.41, 5.74) is 13.5. The van der Waals surface area contributed by atoms with Crippen molar-refractivity contribution in [3.05, 3.63) is 82.0 Å². The van der Waals surface area contributed by atoms with Gasteiger partial charge < -0.3 is 37.1 Å². The standard InChI is InChI=1S/C31H41N9O7/c1-3-15-38(2)28(42)25(18-21-19-34-23-13-8-7-12-22(21)23)35-27(41)26(14-9-16-39(46)47)40(37-30(32)33)29(43)24(36-31(44)45)17-20-10-5-4-6-11-20/h4-8,10-13,19,24-26,34,36H,3,9,14-18H2,1-2H3,(H,35,41)(H,44,45)(H4,32,33,37). The number of amides is 4. The quantitative estimate of drug-likeness (QED) is 0.0534. The Morgan fingerprint density at radius 2 is 1.66 bits per heavy atom. The number of nitrogens with one attached hydrogen (secondary N) is 3. The van der Waals surface area contributed by atoms with E-state index >= 15 is 0 Å². The van der Waals surface area contributed by atoms with Crippen LogP contribution in [0.1, 0.15) is 37.3 Å². The van der Waals surface area contributed by atoms with Crippen LogP contribution in [0.4, 0.5) is 4.79 Å². The Labute approximate surface area is 271 Å². The smallest absolute Gasteiger partial charge is 0.405 e. The van der Waals surface area contributed by atoms with E-state index in [1.54, 1.807) is 43.6 Å². The lowest BCUT2D eigenvalue weighted by Crippen LogP contribution is -2.58. The average molecular weight is 652 g/mol. The number of benzene rings is 2. The molecule has 0 radical (unpaired) electrons. The Morgan fingerprint density at radius 3 is 2.30 bits per heavy atom. The maximum absolute atomic E-state index is 14.1. The Hall–Kier alpha value is -5.67. The second-order valence-corrected chi connectivity index (χ2v) is 11.0. The number of hydrazone groups is 1. The maximum Gasteiger partial charge on any atom is 0.405 e. The average Bonchev–Trinajstić information content (AvgIpc) is 3.43. The molecule has 3 rings (SSSR count). The summed E-state index contributed by atoms with van der Waals surface area (Å²) in [6, 6.07) is 11.9. The summed E-state index contributed by atoms with van der Waals surface area (Å²) in [6.07, 6.45) is 0.410. The van der Waals surface area contributed by atoms with Crippen molar-refractivity contribution >= 4 is 40.7 Å². The second-order valence-electron chi connectivity index (χ2n) is 11.0. The number of nitrogens with zero attached hydrogens (tertiary/aromatic N) is 4. The molecule has 8 N–H and O–H groups in total. The summed E-state index contributed by atoms with van der Waals surface area (Å²) in [5, 5.41) is 31.0. The summed E-state index contributed by atoms with van der Waals surface area (Å²) < 4.78 is 0. The van der Waals surface area contributed by atoms with E-state index in [0.29, 0.717) is 23.5 Å². The highest BCUT2D eigenvalue weighted by molar-refractivity contribution is 5.95. The van der Waals surface area contributed by atoms with Gasteiger partial charge in [0.1, 0.15) is 18.1 Å².